The topological polar surface area (TPSA) is 68.5 Å². The third kappa shape index (κ3) is 4.82. The Kier molecular flexibility index (Phi) is 6.31. The van der Waals surface area contributed by atoms with Gasteiger partial charge in [-0.25, -0.2) is 9.97 Å². The maximum absolute atomic E-state index is 6.35. The molecule has 0 saturated carbocycles. The molecular weight excluding hydrogens is 416 g/mol. The molecule has 0 spiro atoms. The van der Waals surface area contributed by atoms with Crippen LogP contribution >= 0.6 is 11.6 Å². The van der Waals surface area contributed by atoms with Crippen LogP contribution in [0.1, 0.15) is 6.42 Å². The zero-order chi connectivity index (χ0) is 21.0. The van der Waals surface area contributed by atoms with Gasteiger partial charge in [0.05, 0.1) is 43.8 Å². The highest BCUT2D eigenvalue weighted by Crippen LogP contribution is 2.27. The van der Waals surface area contributed by atoms with Gasteiger partial charge in [-0.2, -0.15) is 5.10 Å². The number of hydrogen-bond acceptors (Lipinski definition) is 7. The monoisotopic (exact) mass is 442 g/mol. The van der Waals surface area contributed by atoms with Crippen molar-refractivity contribution in [2.75, 3.05) is 64.1 Å². The van der Waals surface area contributed by atoms with Gasteiger partial charge < -0.3 is 14.4 Å². The van der Waals surface area contributed by atoms with Gasteiger partial charge in [-0.05, 0) is 12.5 Å². The largest absolute Gasteiger partial charge is 0.379 e. The first-order valence-electron chi connectivity index (χ1n) is 10.9. The average Bonchev–Trinajstić information content (AvgIpc) is 3.22. The molecule has 0 aliphatic carbocycles. The zero-order valence-electron chi connectivity index (χ0n) is 17.5. The third-order valence-corrected chi connectivity index (χ3v) is 6.06. The SMILES string of the molecule is Clc1cc(-c2ccc3cnn(CCCN4CCOCC4)c3c2)nc(N2CCOCC2)n1. The highest BCUT2D eigenvalue weighted by Gasteiger charge is 2.17. The highest BCUT2D eigenvalue weighted by molar-refractivity contribution is 6.29. The lowest BCUT2D eigenvalue weighted by Gasteiger charge is -2.27. The molecule has 0 atom stereocenters. The Morgan fingerprint density at radius 2 is 1.68 bits per heavy atom. The summed E-state index contributed by atoms with van der Waals surface area (Å²) in [6.07, 6.45) is 2.99. The fourth-order valence-electron chi connectivity index (χ4n) is 4.14. The van der Waals surface area contributed by atoms with E-state index in [9.17, 15) is 0 Å². The van der Waals surface area contributed by atoms with Crippen LogP contribution in [0, 0.1) is 0 Å². The Balaban J connectivity index is 1.35. The summed E-state index contributed by atoms with van der Waals surface area (Å²) >= 11 is 6.35. The number of morpholine rings is 2. The summed E-state index contributed by atoms with van der Waals surface area (Å²) in [5.74, 6) is 0.657. The summed E-state index contributed by atoms with van der Waals surface area (Å²) in [4.78, 5) is 13.8. The molecule has 2 aromatic heterocycles. The van der Waals surface area contributed by atoms with Crippen molar-refractivity contribution < 1.29 is 9.47 Å². The van der Waals surface area contributed by atoms with Crippen molar-refractivity contribution in [3.05, 3.63) is 35.6 Å². The number of benzene rings is 1. The lowest BCUT2D eigenvalue weighted by atomic mass is 10.1. The van der Waals surface area contributed by atoms with Crippen molar-refractivity contribution in [1.82, 2.24) is 24.6 Å². The van der Waals surface area contributed by atoms with E-state index in [1.165, 1.54) is 0 Å². The van der Waals surface area contributed by atoms with Crippen LogP contribution < -0.4 is 4.90 Å². The molecule has 3 aromatic rings. The van der Waals surface area contributed by atoms with Gasteiger partial charge in [-0.15, -0.1) is 0 Å². The minimum atomic E-state index is 0.450. The molecule has 0 radical (unpaired) electrons. The summed E-state index contributed by atoms with van der Waals surface area (Å²) in [6.45, 7) is 8.56. The molecule has 31 heavy (non-hydrogen) atoms. The first-order valence-corrected chi connectivity index (χ1v) is 11.3. The van der Waals surface area contributed by atoms with E-state index in [1.54, 1.807) is 0 Å². The molecule has 0 bridgehead atoms. The van der Waals surface area contributed by atoms with Crippen LogP contribution in [0.5, 0.6) is 0 Å². The number of ether oxygens (including phenoxy) is 2. The quantitative estimate of drug-likeness (QED) is 0.543. The second-order valence-corrected chi connectivity index (χ2v) is 8.31. The van der Waals surface area contributed by atoms with Gasteiger partial charge in [0.25, 0.3) is 0 Å². The number of hydrogen-bond donors (Lipinski definition) is 0. The van der Waals surface area contributed by atoms with Gasteiger partial charge in [0.15, 0.2) is 0 Å². The Morgan fingerprint density at radius 1 is 0.903 bits per heavy atom. The lowest BCUT2D eigenvalue weighted by Crippen LogP contribution is -2.37. The van der Waals surface area contributed by atoms with E-state index >= 15 is 0 Å². The van der Waals surface area contributed by atoms with Gasteiger partial charge >= 0.3 is 0 Å². The van der Waals surface area contributed by atoms with Crippen molar-refractivity contribution in [2.24, 2.45) is 0 Å². The molecule has 1 aromatic carbocycles. The van der Waals surface area contributed by atoms with E-state index < -0.39 is 0 Å². The number of aryl methyl sites for hydroxylation is 1. The molecular formula is C22H27ClN6O2. The summed E-state index contributed by atoms with van der Waals surface area (Å²) < 4.78 is 13.0. The number of rotatable bonds is 6. The molecule has 8 nitrogen and oxygen atoms in total. The lowest BCUT2D eigenvalue weighted by molar-refractivity contribution is 0.0368. The van der Waals surface area contributed by atoms with Crippen molar-refractivity contribution in [3.8, 4) is 11.3 Å². The first-order chi connectivity index (χ1) is 15.3. The smallest absolute Gasteiger partial charge is 0.227 e. The normalized spacial score (nSPS) is 18.0. The summed E-state index contributed by atoms with van der Waals surface area (Å²) in [5.41, 5.74) is 2.95. The Labute approximate surface area is 186 Å². The Bertz CT molecular complexity index is 1030. The van der Waals surface area contributed by atoms with Gasteiger partial charge in [0, 0.05) is 56.3 Å². The van der Waals surface area contributed by atoms with Gasteiger partial charge in [-0.3, -0.25) is 9.58 Å². The number of aromatic nitrogens is 4. The fraction of sp³-hybridized carbons (Fsp3) is 0.500. The van der Waals surface area contributed by atoms with E-state index in [4.69, 9.17) is 26.1 Å². The van der Waals surface area contributed by atoms with Crippen molar-refractivity contribution in [3.63, 3.8) is 0 Å². The molecule has 5 rings (SSSR count). The highest BCUT2D eigenvalue weighted by atomic mass is 35.5. The minimum Gasteiger partial charge on any atom is -0.379 e. The van der Waals surface area contributed by atoms with Gasteiger partial charge in [0.1, 0.15) is 5.15 Å². The van der Waals surface area contributed by atoms with Crippen LogP contribution in [-0.2, 0) is 16.0 Å². The standard InChI is InChI=1S/C22H27ClN6O2/c23-21-15-19(25-22(26-21)28-8-12-31-13-9-28)17-2-3-18-16-24-29(20(18)14-17)5-1-4-27-6-10-30-11-7-27/h2-3,14-16H,1,4-13H2. The second kappa shape index (κ2) is 9.48. The predicted molar refractivity (Wildman–Crippen MR) is 121 cm³/mol. The first kappa shape index (κ1) is 20.6. The van der Waals surface area contributed by atoms with E-state index in [2.05, 4.69) is 42.8 Å². The van der Waals surface area contributed by atoms with Crippen LogP contribution in [0.25, 0.3) is 22.2 Å². The van der Waals surface area contributed by atoms with Crippen LogP contribution in [0.4, 0.5) is 5.95 Å². The molecule has 0 unspecified atom stereocenters. The summed E-state index contributed by atoms with van der Waals surface area (Å²) in [7, 11) is 0. The van der Waals surface area contributed by atoms with Crippen molar-refractivity contribution >= 4 is 28.5 Å². The van der Waals surface area contributed by atoms with Crippen LogP contribution in [0.15, 0.2) is 30.5 Å². The van der Waals surface area contributed by atoms with Crippen LogP contribution in [0.3, 0.4) is 0 Å². The number of fused-ring (bicyclic) bond motifs is 1. The Hall–Kier alpha value is -2.26. The predicted octanol–water partition coefficient (Wildman–Crippen LogP) is 2.71. The molecule has 0 N–H and O–H groups in total. The number of anilines is 1. The number of halogens is 1. The van der Waals surface area contributed by atoms with Crippen LogP contribution in [0.2, 0.25) is 5.15 Å². The molecule has 9 heteroatoms. The second-order valence-electron chi connectivity index (χ2n) is 7.92. The molecule has 2 aliphatic heterocycles. The molecule has 164 valence electrons. The van der Waals surface area contributed by atoms with E-state index in [0.29, 0.717) is 24.3 Å². The maximum atomic E-state index is 6.35. The fourth-order valence-corrected chi connectivity index (χ4v) is 4.31. The average molecular weight is 443 g/mol. The van der Waals surface area contributed by atoms with Crippen LogP contribution in [-0.4, -0.2) is 83.8 Å². The maximum Gasteiger partial charge on any atom is 0.227 e. The van der Waals surface area contributed by atoms with E-state index in [0.717, 1.165) is 81.1 Å². The zero-order valence-corrected chi connectivity index (χ0v) is 18.3. The van der Waals surface area contributed by atoms with Gasteiger partial charge in [-0.1, -0.05) is 23.7 Å². The molecule has 0 amide bonds. The molecule has 2 aliphatic rings. The molecule has 4 heterocycles. The van der Waals surface area contributed by atoms with Crippen molar-refractivity contribution in [2.45, 2.75) is 13.0 Å². The Morgan fingerprint density at radius 3 is 2.48 bits per heavy atom. The van der Waals surface area contributed by atoms with Crippen molar-refractivity contribution in [1.29, 1.82) is 0 Å². The molecule has 2 saturated heterocycles. The summed E-state index contributed by atoms with van der Waals surface area (Å²) in [5, 5.41) is 6.19. The van der Waals surface area contributed by atoms with E-state index in [1.807, 2.05) is 12.3 Å². The minimum absolute atomic E-state index is 0.450. The third-order valence-electron chi connectivity index (χ3n) is 5.87. The number of nitrogens with zero attached hydrogens (tertiary/aromatic N) is 6. The van der Waals surface area contributed by atoms with Gasteiger partial charge in [0.2, 0.25) is 5.95 Å². The molecule has 2 fully saturated rings. The van der Waals surface area contributed by atoms with E-state index in [-0.39, 0.29) is 0 Å². The summed E-state index contributed by atoms with van der Waals surface area (Å²) in [6, 6.07) is 8.15.